The number of aryl methyl sites for hydroxylation is 1. The van der Waals surface area contributed by atoms with Gasteiger partial charge in [-0.3, -0.25) is 11.3 Å². The van der Waals surface area contributed by atoms with Crippen LogP contribution < -0.4 is 16.0 Å². The van der Waals surface area contributed by atoms with E-state index in [1.165, 1.54) is 29.5 Å². The number of hydrogen-bond acceptors (Lipinski definition) is 3. The highest BCUT2D eigenvalue weighted by Crippen LogP contribution is 2.44. The number of rotatable bonds is 4. The number of benzene rings is 1. The Morgan fingerprint density at radius 2 is 2.06 bits per heavy atom. The van der Waals surface area contributed by atoms with Crippen LogP contribution in [0.3, 0.4) is 0 Å². The van der Waals surface area contributed by atoms with E-state index in [1.54, 1.807) is 7.11 Å². The number of hydrazine groups is 1. The molecule has 88 valence electrons. The number of nitrogens with two attached hydrogens (primary N) is 1. The van der Waals surface area contributed by atoms with Crippen LogP contribution in [0.2, 0.25) is 0 Å². The summed E-state index contributed by atoms with van der Waals surface area (Å²) in [6.07, 6.45) is 2.51. The van der Waals surface area contributed by atoms with Gasteiger partial charge in [0.2, 0.25) is 0 Å². The fraction of sp³-hybridized carbons (Fsp3) is 0.538. The summed E-state index contributed by atoms with van der Waals surface area (Å²) >= 11 is 0. The van der Waals surface area contributed by atoms with Crippen molar-refractivity contribution in [3.63, 3.8) is 0 Å². The van der Waals surface area contributed by atoms with Gasteiger partial charge in [0.15, 0.2) is 0 Å². The predicted octanol–water partition coefficient (Wildman–Crippen LogP) is 2.23. The van der Waals surface area contributed by atoms with E-state index in [9.17, 15) is 0 Å². The molecule has 0 bridgehead atoms. The van der Waals surface area contributed by atoms with Gasteiger partial charge in [0.25, 0.3) is 0 Å². The van der Waals surface area contributed by atoms with E-state index in [0.717, 1.165) is 5.75 Å². The first-order chi connectivity index (χ1) is 7.69. The fourth-order valence-corrected chi connectivity index (χ4v) is 2.24. The second-order valence-electron chi connectivity index (χ2n) is 4.61. The molecule has 0 radical (unpaired) electrons. The first-order valence-corrected chi connectivity index (χ1v) is 5.79. The van der Waals surface area contributed by atoms with Crippen LogP contribution in [0.25, 0.3) is 0 Å². The first-order valence-electron chi connectivity index (χ1n) is 5.79. The molecular weight excluding hydrogens is 200 g/mol. The summed E-state index contributed by atoms with van der Waals surface area (Å²) in [6, 6.07) is 4.50. The molecule has 3 heteroatoms. The zero-order valence-electron chi connectivity index (χ0n) is 10.2. The van der Waals surface area contributed by atoms with Gasteiger partial charge in [0.1, 0.15) is 5.75 Å². The van der Waals surface area contributed by atoms with Gasteiger partial charge in [-0.05, 0) is 43.7 Å². The lowest BCUT2D eigenvalue weighted by Gasteiger charge is -2.21. The third-order valence-electron chi connectivity index (χ3n) is 3.52. The standard InChI is InChI=1S/C13H20N2O/c1-8-4-7-11(13(16-3)9(8)2)12(15-14)10-5-6-10/h4,7,10,12,15H,5-6,14H2,1-3H3. The van der Waals surface area contributed by atoms with Crippen LogP contribution in [0.1, 0.15) is 35.6 Å². The Labute approximate surface area is 97.0 Å². The van der Waals surface area contributed by atoms with Crippen molar-refractivity contribution in [1.82, 2.24) is 5.43 Å². The highest BCUT2D eigenvalue weighted by molar-refractivity contribution is 5.47. The van der Waals surface area contributed by atoms with E-state index < -0.39 is 0 Å². The van der Waals surface area contributed by atoms with Gasteiger partial charge >= 0.3 is 0 Å². The summed E-state index contributed by atoms with van der Waals surface area (Å²) < 4.78 is 5.52. The molecule has 1 fully saturated rings. The summed E-state index contributed by atoms with van der Waals surface area (Å²) in [6.45, 7) is 4.20. The first kappa shape index (κ1) is 11.4. The Kier molecular flexibility index (Phi) is 3.17. The van der Waals surface area contributed by atoms with Gasteiger partial charge in [-0.2, -0.15) is 0 Å². The van der Waals surface area contributed by atoms with E-state index >= 15 is 0 Å². The average Bonchev–Trinajstić information content (AvgIpc) is 3.09. The normalized spacial score (nSPS) is 17.2. The van der Waals surface area contributed by atoms with Crippen molar-refractivity contribution in [3.05, 3.63) is 28.8 Å². The summed E-state index contributed by atoms with van der Waals surface area (Å²) in [5.74, 6) is 7.30. The Balaban J connectivity index is 2.42. The maximum atomic E-state index is 5.65. The zero-order valence-corrected chi connectivity index (χ0v) is 10.2. The van der Waals surface area contributed by atoms with E-state index in [0.29, 0.717) is 5.92 Å². The number of hydrogen-bond donors (Lipinski definition) is 2. The molecule has 0 amide bonds. The van der Waals surface area contributed by atoms with Gasteiger partial charge in [-0.1, -0.05) is 12.1 Å². The van der Waals surface area contributed by atoms with Gasteiger partial charge < -0.3 is 4.74 Å². The Morgan fingerprint density at radius 3 is 2.56 bits per heavy atom. The van der Waals surface area contributed by atoms with Crippen molar-refractivity contribution in [2.75, 3.05) is 7.11 Å². The summed E-state index contributed by atoms with van der Waals surface area (Å²) in [7, 11) is 1.73. The molecule has 2 rings (SSSR count). The Morgan fingerprint density at radius 1 is 1.38 bits per heavy atom. The molecule has 1 aliphatic rings. The van der Waals surface area contributed by atoms with Crippen LogP contribution >= 0.6 is 0 Å². The minimum absolute atomic E-state index is 0.231. The van der Waals surface area contributed by atoms with Gasteiger partial charge in [0, 0.05) is 5.56 Å². The summed E-state index contributed by atoms with van der Waals surface area (Å²) in [4.78, 5) is 0. The van der Waals surface area contributed by atoms with Crippen LogP contribution in [0, 0.1) is 19.8 Å². The van der Waals surface area contributed by atoms with Crippen molar-refractivity contribution in [3.8, 4) is 5.75 Å². The largest absolute Gasteiger partial charge is 0.496 e. The van der Waals surface area contributed by atoms with Crippen molar-refractivity contribution in [1.29, 1.82) is 0 Å². The van der Waals surface area contributed by atoms with Crippen molar-refractivity contribution in [2.45, 2.75) is 32.7 Å². The molecule has 1 unspecified atom stereocenters. The molecule has 1 aromatic carbocycles. The van der Waals surface area contributed by atoms with E-state index in [-0.39, 0.29) is 6.04 Å². The van der Waals surface area contributed by atoms with Crippen LogP contribution in [0.4, 0.5) is 0 Å². The second kappa shape index (κ2) is 4.44. The zero-order chi connectivity index (χ0) is 11.7. The molecular formula is C13H20N2O. The number of ether oxygens (including phenoxy) is 1. The summed E-state index contributed by atoms with van der Waals surface area (Å²) in [5.41, 5.74) is 6.58. The van der Waals surface area contributed by atoms with Gasteiger partial charge in [-0.25, -0.2) is 0 Å². The van der Waals surface area contributed by atoms with Crippen molar-refractivity contribution >= 4 is 0 Å². The third kappa shape index (κ3) is 1.93. The fourth-order valence-electron chi connectivity index (χ4n) is 2.24. The predicted molar refractivity (Wildman–Crippen MR) is 65.3 cm³/mol. The van der Waals surface area contributed by atoms with E-state index in [1.807, 2.05) is 0 Å². The maximum Gasteiger partial charge on any atom is 0.126 e. The van der Waals surface area contributed by atoms with Crippen molar-refractivity contribution in [2.24, 2.45) is 11.8 Å². The number of methoxy groups -OCH3 is 1. The highest BCUT2D eigenvalue weighted by atomic mass is 16.5. The third-order valence-corrected chi connectivity index (χ3v) is 3.52. The molecule has 3 nitrogen and oxygen atoms in total. The van der Waals surface area contributed by atoms with Crippen LogP contribution in [-0.2, 0) is 0 Å². The molecule has 16 heavy (non-hydrogen) atoms. The van der Waals surface area contributed by atoms with Gasteiger partial charge in [-0.15, -0.1) is 0 Å². The average molecular weight is 220 g/mol. The van der Waals surface area contributed by atoms with Crippen LogP contribution in [0.15, 0.2) is 12.1 Å². The quantitative estimate of drug-likeness (QED) is 0.604. The lowest BCUT2D eigenvalue weighted by molar-refractivity contribution is 0.389. The van der Waals surface area contributed by atoms with Crippen LogP contribution in [0.5, 0.6) is 5.75 Å². The monoisotopic (exact) mass is 220 g/mol. The molecule has 0 aliphatic heterocycles. The molecule has 1 atom stereocenters. The number of nitrogens with one attached hydrogen (secondary N) is 1. The molecule has 0 saturated heterocycles. The molecule has 1 aromatic rings. The van der Waals surface area contributed by atoms with E-state index in [2.05, 4.69) is 31.4 Å². The molecule has 1 aliphatic carbocycles. The van der Waals surface area contributed by atoms with Gasteiger partial charge in [0.05, 0.1) is 13.2 Å². The lowest BCUT2D eigenvalue weighted by Crippen LogP contribution is -2.29. The second-order valence-corrected chi connectivity index (χ2v) is 4.61. The highest BCUT2D eigenvalue weighted by Gasteiger charge is 2.33. The van der Waals surface area contributed by atoms with Crippen molar-refractivity contribution < 1.29 is 4.74 Å². The molecule has 0 heterocycles. The Bertz CT molecular complexity index is 386. The molecule has 0 spiro atoms. The lowest BCUT2D eigenvalue weighted by atomic mass is 9.97. The smallest absolute Gasteiger partial charge is 0.126 e. The molecule has 1 saturated carbocycles. The Hall–Kier alpha value is -1.06. The minimum atomic E-state index is 0.231. The molecule has 3 N–H and O–H groups in total. The topological polar surface area (TPSA) is 47.3 Å². The maximum absolute atomic E-state index is 5.65. The van der Waals surface area contributed by atoms with Crippen LogP contribution in [-0.4, -0.2) is 7.11 Å². The summed E-state index contributed by atoms with van der Waals surface area (Å²) in [5, 5.41) is 0. The van der Waals surface area contributed by atoms with E-state index in [4.69, 9.17) is 10.6 Å². The minimum Gasteiger partial charge on any atom is -0.496 e. The molecule has 0 aromatic heterocycles. The SMILES string of the molecule is COc1c(C(NN)C2CC2)ccc(C)c1C.